The Hall–Kier alpha value is -3.26. The van der Waals surface area contributed by atoms with Crippen LogP contribution in [0.5, 0.6) is 5.75 Å². The largest absolute Gasteiger partial charge is 0.497 e. The molecular weight excluding hydrogens is 340 g/mol. The highest BCUT2D eigenvalue weighted by Crippen LogP contribution is 2.26. The fourth-order valence-corrected chi connectivity index (χ4v) is 2.73. The fraction of sp³-hybridized carbons (Fsp3) is 0.0588. The molecule has 25 heavy (non-hydrogen) atoms. The van der Waals surface area contributed by atoms with Gasteiger partial charge in [-0.3, -0.25) is 15.5 Å². The Kier molecular flexibility index (Phi) is 5.00. The average Bonchev–Trinajstić information content (AvgIpc) is 3.11. The van der Waals surface area contributed by atoms with Gasteiger partial charge in [0.1, 0.15) is 5.75 Å². The number of ether oxygens (including phenoxy) is 1. The van der Waals surface area contributed by atoms with Crippen molar-refractivity contribution in [2.75, 3.05) is 12.5 Å². The van der Waals surface area contributed by atoms with Crippen LogP contribution in [0.25, 0.3) is 11.3 Å². The molecule has 0 aliphatic heterocycles. The maximum absolute atomic E-state index is 10.6. The van der Waals surface area contributed by atoms with Crippen LogP contribution < -0.4 is 10.2 Å². The molecular formula is C17H14N4O3S. The van der Waals surface area contributed by atoms with Gasteiger partial charge in [-0.1, -0.05) is 0 Å². The molecule has 7 nitrogen and oxygen atoms in total. The molecule has 1 heterocycles. The van der Waals surface area contributed by atoms with E-state index in [2.05, 4.69) is 15.5 Å². The first-order valence-electron chi connectivity index (χ1n) is 7.29. The quantitative estimate of drug-likeness (QED) is 0.407. The number of aromatic nitrogens is 1. The molecule has 0 radical (unpaired) electrons. The van der Waals surface area contributed by atoms with Crippen LogP contribution in [0.3, 0.4) is 0 Å². The van der Waals surface area contributed by atoms with Crippen molar-refractivity contribution < 1.29 is 9.66 Å². The number of hydrazone groups is 1. The number of hydrogen-bond donors (Lipinski definition) is 1. The molecule has 1 aromatic heterocycles. The first-order chi connectivity index (χ1) is 12.2. The summed E-state index contributed by atoms with van der Waals surface area (Å²) < 4.78 is 5.14. The van der Waals surface area contributed by atoms with Crippen LogP contribution >= 0.6 is 11.3 Å². The number of methoxy groups -OCH3 is 1. The number of hydrogen-bond acceptors (Lipinski definition) is 7. The van der Waals surface area contributed by atoms with Crippen LogP contribution in [0.4, 0.5) is 10.8 Å². The highest BCUT2D eigenvalue weighted by molar-refractivity contribution is 7.14. The lowest BCUT2D eigenvalue weighted by Crippen LogP contribution is -1.91. The number of nitrogens with one attached hydrogen (secondary N) is 1. The Balaban J connectivity index is 1.63. The van der Waals surface area contributed by atoms with Gasteiger partial charge in [-0.25, -0.2) is 4.98 Å². The van der Waals surface area contributed by atoms with Crippen LogP contribution in [0.1, 0.15) is 5.56 Å². The molecule has 0 amide bonds. The van der Waals surface area contributed by atoms with Gasteiger partial charge in [-0.2, -0.15) is 5.10 Å². The van der Waals surface area contributed by atoms with Crippen molar-refractivity contribution in [3.8, 4) is 17.0 Å². The molecule has 3 rings (SSSR count). The number of nitro groups is 1. The molecule has 0 bridgehead atoms. The number of benzene rings is 2. The summed E-state index contributed by atoms with van der Waals surface area (Å²) in [7, 11) is 1.63. The Morgan fingerprint density at radius 2 is 1.92 bits per heavy atom. The smallest absolute Gasteiger partial charge is 0.269 e. The minimum absolute atomic E-state index is 0.0502. The van der Waals surface area contributed by atoms with Crippen LogP contribution in [0.2, 0.25) is 0 Å². The van der Waals surface area contributed by atoms with Crippen molar-refractivity contribution >= 4 is 28.4 Å². The van der Waals surface area contributed by atoms with Crippen LogP contribution in [0.15, 0.2) is 59.0 Å². The Bertz CT molecular complexity index is 889. The van der Waals surface area contributed by atoms with Gasteiger partial charge in [-0.05, 0) is 42.0 Å². The predicted octanol–water partition coefficient (Wildman–Crippen LogP) is 4.17. The van der Waals surface area contributed by atoms with Gasteiger partial charge in [-0.15, -0.1) is 11.3 Å². The van der Waals surface area contributed by atoms with E-state index in [0.717, 1.165) is 22.6 Å². The second-order valence-corrected chi connectivity index (χ2v) is 5.84. The normalized spacial score (nSPS) is 10.8. The van der Waals surface area contributed by atoms with Gasteiger partial charge in [0.2, 0.25) is 5.13 Å². The summed E-state index contributed by atoms with van der Waals surface area (Å²) in [6.45, 7) is 0. The molecule has 1 N–H and O–H groups in total. The van der Waals surface area contributed by atoms with Crippen molar-refractivity contribution in [1.29, 1.82) is 0 Å². The summed E-state index contributed by atoms with van der Waals surface area (Å²) in [6.07, 6.45) is 1.58. The number of non-ortho nitro benzene ring substituents is 1. The highest BCUT2D eigenvalue weighted by atomic mass is 32.1. The second-order valence-electron chi connectivity index (χ2n) is 4.99. The molecule has 0 spiro atoms. The van der Waals surface area contributed by atoms with E-state index in [-0.39, 0.29) is 5.69 Å². The lowest BCUT2D eigenvalue weighted by atomic mass is 10.2. The minimum Gasteiger partial charge on any atom is -0.497 e. The molecule has 0 unspecified atom stereocenters. The van der Waals surface area contributed by atoms with Crippen LogP contribution in [-0.2, 0) is 0 Å². The zero-order chi connectivity index (χ0) is 17.6. The molecule has 0 atom stereocenters. The summed E-state index contributed by atoms with van der Waals surface area (Å²) in [5.41, 5.74) is 5.50. The monoisotopic (exact) mass is 354 g/mol. The van der Waals surface area contributed by atoms with Crippen molar-refractivity contribution in [3.05, 3.63) is 69.6 Å². The molecule has 0 fully saturated rings. The summed E-state index contributed by atoms with van der Waals surface area (Å²) in [4.78, 5) is 14.6. The van der Waals surface area contributed by atoms with Crippen molar-refractivity contribution in [2.24, 2.45) is 5.10 Å². The Labute approximate surface area is 147 Å². The number of rotatable bonds is 6. The fourth-order valence-electron chi connectivity index (χ4n) is 2.06. The van der Waals surface area contributed by atoms with Crippen molar-refractivity contribution in [3.63, 3.8) is 0 Å². The minimum atomic E-state index is -0.435. The van der Waals surface area contributed by atoms with Gasteiger partial charge >= 0.3 is 0 Å². The third kappa shape index (κ3) is 4.18. The van der Waals surface area contributed by atoms with E-state index in [1.807, 2.05) is 29.6 Å². The first kappa shape index (κ1) is 16.6. The maximum atomic E-state index is 10.6. The molecule has 0 aliphatic carbocycles. The van der Waals surface area contributed by atoms with E-state index in [1.165, 1.54) is 23.5 Å². The number of anilines is 1. The number of nitro benzene ring substituents is 1. The van der Waals surface area contributed by atoms with E-state index >= 15 is 0 Å². The lowest BCUT2D eigenvalue weighted by molar-refractivity contribution is -0.384. The third-order valence-corrected chi connectivity index (χ3v) is 4.11. The maximum Gasteiger partial charge on any atom is 0.269 e. The lowest BCUT2D eigenvalue weighted by Gasteiger charge is -2.00. The van der Waals surface area contributed by atoms with Gasteiger partial charge in [0.05, 0.1) is 23.9 Å². The average molecular weight is 354 g/mol. The number of nitrogens with zero attached hydrogens (tertiary/aromatic N) is 3. The molecule has 0 saturated heterocycles. The van der Waals surface area contributed by atoms with E-state index in [0.29, 0.717) is 5.13 Å². The summed E-state index contributed by atoms with van der Waals surface area (Å²) in [6, 6.07) is 13.8. The molecule has 0 aliphatic rings. The standard InChI is InChI=1S/C17H14N4O3S/c1-24-15-8-4-13(5-9-15)16-11-25-17(19-16)20-18-10-12-2-6-14(7-3-12)21(22)23/h2-11H,1H3,(H,19,20). The zero-order valence-corrected chi connectivity index (χ0v) is 14.1. The van der Waals surface area contributed by atoms with Gasteiger partial charge in [0, 0.05) is 23.1 Å². The summed E-state index contributed by atoms with van der Waals surface area (Å²) >= 11 is 1.44. The van der Waals surface area contributed by atoms with E-state index < -0.39 is 4.92 Å². The zero-order valence-electron chi connectivity index (χ0n) is 13.2. The predicted molar refractivity (Wildman–Crippen MR) is 98.4 cm³/mol. The molecule has 3 aromatic rings. The van der Waals surface area contributed by atoms with E-state index in [4.69, 9.17) is 4.74 Å². The van der Waals surface area contributed by atoms with Crippen molar-refractivity contribution in [2.45, 2.75) is 0 Å². The van der Waals surface area contributed by atoms with E-state index in [9.17, 15) is 10.1 Å². The second kappa shape index (κ2) is 7.54. The van der Waals surface area contributed by atoms with Crippen molar-refractivity contribution in [1.82, 2.24) is 4.98 Å². The third-order valence-electron chi connectivity index (χ3n) is 3.37. The SMILES string of the molecule is COc1ccc(-c2csc(NN=Cc3ccc([N+](=O)[O-])cc3)n2)cc1. The number of thiazole rings is 1. The highest BCUT2D eigenvalue weighted by Gasteiger charge is 2.05. The molecule has 0 saturated carbocycles. The molecule has 126 valence electrons. The van der Waals surface area contributed by atoms with Gasteiger partial charge in [0.15, 0.2) is 0 Å². The topological polar surface area (TPSA) is 89.6 Å². The Morgan fingerprint density at radius 3 is 2.56 bits per heavy atom. The van der Waals surface area contributed by atoms with Crippen LogP contribution in [-0.4, -0.2) is 23.2 Å². The van der Waals surface area contributed by atoms with Crippen LogP contribution in [0, 0.1) is 10.1 Å². The van der Waals surface area contributed by atoms with Gasteiger partial charge in [0.25, 0.3) is 5.69 Å². The summed E-state index contributed by atoms with van der Waals surface area (Å²) in [5.74, 6) is 0.796. The summed E-state index contributed by atoms with van der Waals surface area (Å²) in [5, 5.41) is 17.3. The van der Waals surface area contributed by atoms with Gasteiger partial charge < -0.3 is 4.74 Å². The first-order valence-corrected chi connectivity index (χ1v) is 8.17. The Morgan fingerprint density at radius 1 is 1.20 bits per heavy atom. The molecule has 2 aromatic carbocycles. The van der Waals surface area contributed by atoms with E-state index in [1.54, 1.807) is 25.5 Å². The molecule has 8 heteroatoms.